The predicted molar refractivity (Wildman–Crippen MR) is 93.1 cm³/mol. The fourth-order valence-corrected chi connectivity index (χ4v) is 2.77. The van der Waals surface area contributed by atoms with E-state index in [9.17, 15) is 9.59 Å². The molecule has 0 amide bonds. The number of Topliss-reactive ketones (excluding diaryl/α,β-unsaturated/α-hetero) is 1. The average molecular weight is 369 g/mol. The van der Waals surface area contributed by atoms with Gasteiger partial charge in [-0.05, 0) is 42.0 Å². The molecule has 0 aliphatic rings. The molecular formula is C19H13BrO3. The van der Waals surface area contributed by atoms with Gasteiger partial charge in [-0.15, -0.1) is 0 Å². The van der Waals surface area contributed by atoms with Crippen LogP contribution >= 0.6 is 15.9 Å². The van der Waals surface area contributed by atoms with Crippen molar-refractivity contribution in [2.45, 2.75) is 6.92 Å². The fourth-order valence-electron chi connectivity index (χ4n) is 2.43. The summed E-state index contributed by atoms with van der Waals surface area (Å²) in [6.45, 7) is 1.44. The molecule has 0 aliphatic carbocycles. The predicted octanol–water partition coefficient (Wildman–Crippen LogP) is 5.02. The van der Waals surface area contributed by atoms with Crippen LogP contribution in [0.5, 0.6) is 5.75 Å². The maximum atomic E-state index is 12.6. The van der Waals surface area contributed by atoms with E-state index in [0.717, 1.165) is 15.2 Å². The van der Waals surface area contributed by atoms with Crippen molar-refractivity contribution in [1.82, 2.24) is 0 Å². The van der Waals surface area contributed by atoms with E-state index >= 15 is 0 Å². The van der Waals surface area contributed by atoms with Gasteiger partial charge in [-0.25, -0.2) is 4.79 Å². The minimum Gasteiger partial charge on any atom is -0.422 e. The van der Waals surface area contributed by atoms with E-state index in [0.29, 0.717) is 11.1 Å². The highest BCUT2D eigenvalue weighted by molar-refractivity contribution is 9.10. The fraction of sp³-hybridized carbons (Fsp3) is 0.0526. The van der Waals surface area contributed by atoms with Gasteiger partial charge in [0.05, 0.1) is 11.1 Å². The number of fused-ring (bicyclic) bond motifs is 1. The largest absolute Gasteiger partial charge is 0.422 e. The maximum Gasteiger partial charge on any atom is 0.344 e. The van der Waals surface area contributed by atoms with Crippen molar-refractivity contribution >= 4 is 38.5 Å². The number of hydrogen-bond acceptors (Lipinski definition) is 3. The van der Waals surface area contributed by atoms with Gasteiger partial charge in [0.15, 0.2) is 5.78 Å². The van der Waals surface area contributed by atoms with Crippen LogP contribution in [0.15, 0.2) is 65.1 Å². The maximum absolute atomic E-state index is 12.6. The smallest absolute Gasteiger partial charge is 0.344 e. The lowest BCUT2D eigenvalue weighted by Crippen LogP contribution is -2.11. The summed E-state index contributed by atoms with van der Waals surface area (Å²) in [5.41, 5.74) is 0.847. The second-order valence-corrected chi connectivity index (χ2v) is 6.03. The summed E-state index contributed by atoms with van der Waals surface area (Å²) in [5, 5.41) is 1.78. The normalized spacial score (nSPS) is 10.5. The summed E-state index contributed by atoms with van der Waals surface area (Å²) in [7, 11) is 0. The second-order valence-electron chi connectivity index (χ2n) is 5.11. The molecule has 0 unspecified atom stereocenters. The van der Waals surface area contributed by atoms with Crippen LogP contribution in [0.4, 0.5) is 0 Å². The minimum absolute atomic E-state index is 0.154. The zero-order chi connectivity index (χ0) is 16.4. The number of rotatable bonds is 3. The first-order valence-corrected chi connectivity index (χ1v) is 7.86. The summed E-state index contributed by atoms with van der Waals surface area (Å²) in [4.78, 5) is 24.3. The average Bonchev–Trinajstić information content (AvgIpc) is 2.54. The Balaban J connectivity index is 2.02. The molecule has 0 N–H and O–H groups in total. The Bertz CT molecular complexity index is 910. The number of benzene rings is 3. The molecule has 3 nitrogen and oxygen atoms in total. The van der Waals surface area contributed by atoms with Gasteiger partial charge in [-0.1, -0.05) is 52.3 Å². The summed E-state index contributed by atoms with van der Waals surface area (Å²) >= 11 is 3.33. The molecule has 0 atom stereocenters. The van der Waals surface area contributed by atoms with Crippen molar-refractivity contribution < 1.29 is 14.3 Å². The Kier molecular flexibility index (Phi) is 4.26. The van der Waals surface area contributed by atoms with Gasteiger partial charge in [0.2, 0.25) is 0 Å². The van der Waals surface area contributed by atoms with Crippen molar-refractivity contribution in [3.05, 3.63) is 76.3 Å². The first-order valence-electron chi connectivity index (χ1n) is 7.06. The molecule has 0 saturated carbocycles. The van der Waals surface area contributed by atoms with E-state index in [1.165, 1.54) is 6.92 Å². The van der Waals surface area contributed by atoms with Crippen LogP contribution < -0.4 is 4.74 Å². The number of ketones is 1. The molecule has 4 heteroatoms. The second kappa shape index (κ2) is 6.34. The molecule has 0 heterocycles. The third-order valence-electron chi connectivity index (χ3n) is 3.54. The molecule has 114 valence electrons. The Labute approximate surface area is 142 Å². The summed E-state index contributed by atoms with van der Waals surface area (Å²) < 4.78 is 6.23. The highest BCUT2D eigenvalue weighted by Crippen LogP contribution is 2.26. The van der Waals surface area contributed by atoms with Gasteiger partial charge in [-0.3, -0.25) is 4.79 Å². The highest BCUT2D eigenvalue weighted by atomic mass is 79.9. The van der Waals surface area contributed by atoms with Gasteiger partial charge in [0.25, 0.3) is 0 Å². The van der Waals surface area contributed by atoms with E-state index in [2.05, 4.69) is 15.9 Å². The first kappa shape index (κ1) is 15.4. The lowest BCUT2D eigenvalue weighted by molar-refractivity contribution is 0.0735. The topological polar surface area (TPSA) is 43.4 Å². The Morgan fingerprint density at radius 2 is 1.65 bits per heavy atom. The van der Waals surface area contributed by atoms with Crippen LogP contribution in [-0.2, 0) is 0 Å². The van der Waals surface area contributed by atoms with E-state index in [4.69, 9.17) is 4.74 Å². The number of carbonyl (C=O) groups is 2. The van der Waals surface area contributed by atoms with Crippen molar-refractivity contribution in [3.63, 3.8) is 0 Å². The minimum atomic E-state index is -0.484. The standard InChI is InChI=1S/C19H13BrO3/c1-12(21)15-10-9-14(20)11-18(15)23-19(22)17-8-4-6-13-5-2-3-7-16(13)17/h2-11H,1H3. The lowest BCUT2D eigenvalue weighted by atomic mass is 10.0. The Morgan fingerprint density at radius 3 is 2.43 bits per heavy atom. The van der Waals surface area contributed by atoms with Gasteiger partial charge in [-0.2, -0.15) is 0 Å². The molecule has 0 aliphatic heterocycles. The molecule has 3 aromatic carbocycles. The van der Waals surface area contributed by atoms with Crippen LogP contribution in [0, 0.1) is 0 Å². The first-order chi connectivity index (χ1) is 11.1. The summed E-state index contributed by atoms with van der Waals surface area (Å²) in [6, 6.07) is 18.1. The SMILES string of the molecule is CC(=O)c1ccc(Br)cc1OC(=O)c1cccc2ccccc12. The molecule has 0 bridgehead atoms. The monoisotopic (exact) mass is 368 g/mol. The van der Waals surface area contributed by atoms with Crippen molar-refractivity contribution in [2.75, 3.05) is 0 Å². The zero-order valence-corrected chi connectivity index (χ0v) is 14.0. The van der Waals surface area contributed by atoms with Crippen molar-refractivity contribution in [2.24, 2.45) is 0 Å². The number of esters is 1. The quantitative estimate of drug-likeness (QED) is 0.370. The van der Waals surface area contributed by atoms with Crippen LogP contribution in [0.1, 0.15) is 27.6 Å². The number of carbonyl (C=O) groups excluding carboxylic acids is 2. The molecule has 0 aromatic heterocycles. The third-order valence-corrected chi connectivity index (χ3v) is 4.03. The van der Waals surface area contributed by atoms with E-state index in [1.807, 2.05) is 36.4 Å². The molecule has 0 radical (unpaired) electrons. The van der Waals surface area contributed by atoms with Gasteiger partial charge >= 0.3 is 5.97 Å². The van der Waals surface area contributed by atoms with E-state index < -0.39 is 5.97 Å². The van der Waals surface area contributed by atoms with E-state index in [1.54, 1.807) is 24.3 Å². The molecule has 23 heavy (non-hydrogen) atoms. The van der Waals surface area contributed by atoms with Crippen LogP contribution in [0.3, 0.4) is 0 Å². The van der Waals surface area contributed by atoms with Crippen LogP contribution in [-0.4, -0.2) is 11.8 Å². The molecule has 0 saturated heterocycles. The third kappa shape index (κ3) is 3.17. The van der Waals surface area contributed by atoms with Gasteiger partial charge < -0.3 is 4.74 Å². The van der Waals surface area contributed by atoms with Crippen molar-refractivity contribution in [1.29, 1.82) is 0 Å². The number of halogens is 1. The Morgan fingerprint density at radius 1 is 0.913 bits per heavy atom. The molecule has 0 fully saturated rings. The van der Waals surface area contributed by atoms with Crippen molar-refractivity contribution in [3.8, 4) is 5.75 Å². The van der Waals surface area contributed by atoms with Crippen LogP contribution in [0.25, 0.3) is 10.8 Å². The number of hydrogen-bond donors (Lipinski definition) is 0. The van der Waals surface area contributed by atoms with E-state index in [-0.39, 0.29) is 11.5 Å². The highest BCUT2D eigenvalue weighted by Gasteiger charge is 2.16. The molecular weight excluding hydrogens is 356 g/mol. The van der Waals surface area contributed by atoms with Gasteiger partial charge in [0, 0.05) is 4.47 Å². The van der Waals surface area contributed by atoms with Crippen LogP contribution in [0.2, 0.25) is 0 Å². The molecule has 3 aromatic rings. The van der Waals surface area contributed by atoms with Gasteiger partial charge in [0.1, 0.15) is 5.75 Å². The zero-order valence-electron chi connectivity index (χ0n) is 12.4. The Hall–Kier alpha value is -2.46. The molecule has 3 rings (SSSR count). The summed E-state index contributed by atoms with van der Waals surface area (Å²) in [6.07, 6.45) is 0. The lowest BCUT2D eigenvalue weighted by Gasteiger charge is -2.10. The molecule has 0 spiro atoms. The number of ether oxygens (including phenoxy) is 1. The summed E-state index contributed by atoms with van der Waals surface area (Å²) in [5.74, 6) is -0.384.